The van der Waals surface area contributed by atoms with Gasteiger partial charge in [-0.05, 0) is 38.0 Å². The lowest BCUT2D eigenvalue weighted by Crippen LogP contribution is -2.20. The molecule has 18 heavy (non-hydrogen) atoms. The van der Waals surface area contributed by atoms with Crippen LogP contribution in [0.25, 0.3) is 0 Å². The smallest absolute Gasteiger partial charge is 0.155 e. The van der Waals surface area contributed by atoms with Crippen molar-refractivity contribution < 1.29 is 4.42 Å². The minimum absolute atomic E-state index is 0.462. The fraction of sp³-hybridized carbons (Fsp3) is 0.385. The molecule has 96 valence electrons. The van der Waals surface area contributed by atoms with Crippen molar-refractivity contribution in [1.82, 2.24) is 10.2 Å². The van der Waals surface area contributed by atoms with Crippen molar-refractivity contribution in [2.75, 3.05) is 11.9 Å². The van der Waals surface area contributed by atoms with Crippen molar-refractivity contribution >= 4 is 17.4 Å². The SMILES string of the molecule is Cc1occc1CN(C)c1nnc(Cl)c(C)c1C. The van der Waals surface area contributed by atoms with E-state index in [0.29, 0.717) is 5.15 Å². The average molecular weight is 266 g/mol. The van der Waals surface area contributed by atoms with E-state index in [-0.39, 0.29) is 0 Å². The van der Waals surface area contributed by atoms with E-state index in [0.717, 1.165) is 34.8 Å². The quantitative estimate of drug-likeness (QED) is 0.854. The van der Waals surface area contributed by atoms with Crippen molar-refractivity contribution in [3.05, 3.63) is 39.9 Å². The van der Waals surface area contributed by atoms with Gasteiger partial charge in [0.1, 0.15) is 5.76 Å². The second-order valence-corrected chi connectivity index (χ2v) is 4.78. The van der Waals surface area contributed by atoms with E-state index in [2.05, 4.69) is 10.2 Å². The summed E-state index contributed by atoms with van der Waals surface area (Å²) in [5, 5.41) is 8.59. The minimum atomic E-state index is 0.462. The zero-order valence-electron chi connectivity index (χ0n) is 11.0. The van der Waals surface area contributed by atoms with Crippen LogP contribution in [0.3, 0.4) is 0 Å². The standard InChI is InChI=1S/C13H16ClN3O/c1-8-9(2)13(16-15-12(8)14)17(4)7-11-5-6-18-10(11)3/h5-6H,7H2,1-4H3. The number of hydrogen-bond acceptors (Lipinski definition) is 4. The number of furan rings is 1. The summed E-state index contributed by atoms with van der Waals surface area (Å²) in [4.78, 5) is 2.05. The first kappa shape index (κ1) is 12.9. The third kappa shape index (κ3) is 2.34. The van der Waals surface area contributed by atoms with Crippen molar-refractivity contribution in [1.29, 1.82) is 0 Å². The van der Waals surface area contributed by atoms with Crippen LogP contribution >= 0.6 is 11.6 Å². The second-order valence-electron chi connectivity index (χ2n) is 4.42. The molecular formula is C13H16ClN3O. The van der Waals surface area contributed by atoms with E-state index in [4.69, 9.17) is 16.0 Å². The van der Waals surface area contributed by atoms with Crippen LogP contribution < -0.4 is 4.90 Å². The normalized spacial score (nSPS) is 10.7. The lowest BCUT2D eigenvalue weighted by Gasteiger charge is -2.20. The molecule has 2 aromatic rings. The molecule has 0 aliphatic heterocycles. The lowest BCUT2D eigenvalue weighted by atomic mass is 10.2. The summed E-state index contributed by atoms with van der Waals surface area (Å²) in [7, 11) is 1.98. The summed E-state index contributed by atoms with van der Waals surface area (Å²) >= 11 is 5.95. The summed E-state index contributed by atoms with van der Waals surface area (Å²) in [5.74, 6) is 1.77. The number of hydrogen-bond donors (Lipinski definition) is 0. The van der Waals surface area contributed by atoms with Crippen LogP contribution in [0.4, 0.5) is 5.82 Å². The Kier molecular flexibility index (Phi) is 3.57. The molecule has 0 aromatic carbocycles. The second kappa shape index (κ2) is 4.98. The molecule has 0 radical (unpaired) electrons. The molecule has 0 aliphatic rings. The number of halogens is 1. The number of rotatable bonds is 3. The van der Waals surface area contributed by atoms with Crippen molar-refractivity contribution in [3.8, 4) is 0 Å². The number of anilines is 1. The van der Waals surface area contributed by atoms with Crippen LogP contribution in [0.2, 0.25) is 5.15 Å². The molecule has 0 amide bonds. The number of nitrogens with zero attached hydrogens (tertiary/aromatic N) is 3. The molecule has 2 heterocycles. The summed E-state index contributed by atoms with van der Waals surface area (Å²) in [6.07, 6.45) is 1.70. The van der Waals surface area contributed by atoms with Crippen LogP contribution in [0.15, 0.2) is 16.7 Å². The van der Waals surface area contributed by atoms with Crippen molar-refractivity contribution in [2.24, 2.45) is 0 Å². The Morgan fingerprint density at radius 2 is 1.94 bits per heavy atom. The Labute approximate surface area is 112 Å². The summed E-state index contributed by atoms with van der Waals surface area (Å²) in [6.45, 7) is 6.64. The first-order valence-corrected chi connectivity index (χ1v) is 6.12. The van der Waals surface area contributed by atoms with Gasteiger partial charge in [-0.25, -0.2) is 0 Å². The Morgan fingerprint density at radius 3 is 2.56 bits per heavy atom. The maximum absolute atomic E-state index is 5.95. The van der Waals surface area contributed by atoms with Crippen LogP contribution in [0.1, 0.15) is 22.5 Å². The van der Waals surface area contributed by atoms with Gasteiger partial charge in [0.25, 0.3) is 0 Å². The molecule has 2 rings (SSSR count). The average Bonchev–Trinajstić information content (AvgIpc) is 2.72. The predicted molar refractivity (Wildman–Crippen MR) is 72.1 cm³/mol. The molecule has 0 fully saturated rings. The topological polar surface area (TPSA) is 42.2 Å². The molecule has 0 N–H and O–H groups in total. The molecule has 4 nitrogen and oxygen atoms in total. The van der Waals surface area contributed by atoms with Crippen LogP contribution in [-0.4, -0.2) is 17.2 Å². The molecule has 0 unspecified atom stereocenters. The molecule has 0 bridgehead atoms. The fourth-order valence-corrected chi connectivity index (χ4v) is 2.01. The third-order valence-corrected chi connectivity index (χ3v) is 3.53. The molecule has 5 heteroatoms. The first-order valence-electron chi connectivity index (χ1n) is 5.74. The summed E-state index contributed by atoms with van der Waals surface area (Å²) in [6, 6.07) is 1.97. The zero-order chi connectivity index (χ0) is 13.3. The van der Waals surface area contributed by atoms with E-state index in [1.54, 1.807) is 6.26 Å². The molecule has 0 atom stereocenters. The highest BCUT2D eigenvalue weighted by atomic mass is 35.5. The summed E-state index contributed by atoms with van der Waals surface area (Å²) in [5.41, 5.74) is 3.17. The monoisotopic (exact) mass is 265 g/mol. The Balaban J connectivity index is 2.27. The molecule has 0 aliphatic carbocycles. The van der Waals surface area contributed by atoms with Crippen LogP contribution in [0.5, 0.6) is 0 Å². The van der Waals surface area contributed by atoms with Gasteiger partial charge in [-0.2, -0.15) is 0 Å². The van der Waals surface area contributed by atoms with Gasteiger partial charge >= 0.3 is 0 Å². The molecule has 2 aromatic heterocycles. The maximum atomic E-state index is 5.95. The Bertz CT molecular complexity index is 565. The van der Waals surface area contributed by atoms with Gasteiger partial charge in [0.2, 0.25) is 0 Å². The van der Waals surface area contributed by atoms with Gasteiger partial charge < -0.3 is 9.32 Å². The largest absolute Gasteiger partial charge is 0.469 e. The zero-order valence-corrected chi connectivity index (χ0v) is 11.7. The molecular weight excluding hydrogens is 250 g/mol. The maximum Gasteiger partial charge on any atom is 0.155 e. The highest BCUT2D eigenvalue weighted by molar-refractivity contribution is 6.30. The van der Waals surface area contributed by atoms with Crippen molar-refractivity contribution in [2.45, 2.75) is 27.3 Å². The molecule has 0 saturated heterocycles. The van der Waals surface area contributed by atoms with Gasteiger partial charge in [0, 0.05) is 19.2 Å². The summed E-state index contributed by atoms with van der Waals surface area (Å²) < 4.78 is 5.29. The fourth-order valence-electron chi connectivity index (χ4n) is 1.83. The van der Waals surface area contributed by atoms with E-state index >= 15 is 0 Å². The lowest BCUT2D eigenvalue weighted by molar-refractivity contribution is 0.529. The third-order valence-electron chi connectivity index (χ3n) is 3.18. The highest BCUT2D eigenvalue weighted by Crippen LogP contribution is 2.24. The Morgan fingerprint density at radius 1 is 1.22 bits per heavy atom. The van der Waals surface area contributed by atoms with Gasteiger partial charge in [-0.1, -0.05) is 11.6 Å². The molecule has 0 spiro atoms. The van der Waals surface area contributed by atoms with Gasteiger partial charge in [0.15, 0.2) is 11.0 Å². The van der Waals surface area contributed by atoms with E-state index in [1.165, 1.54) is 0 Å². The van der Waals surface area contributed by atoms with E-state index in [9.17, 15) is 0 Å². The number of aromatic nitrogens is 2. The molecule has 0 saturated carbocycles. The minimum Gasteiger partial charge on any atom is -0.469 e. The van der Waals surface area contributed by atoms with Gasteiger partial charge in [-0.15, -0.1) is 10.2 Å². The van der Waals surface area contributed by atoms with E-state index < -0.39 is 0 Å². The highest BCUT2D eigenvalue weighted by Gasteiger charge is 2.13. The van der Waals surface area contributed by atoms with Gasteiger partial charge in [-0.3, -0.25) is 0 Å². The van der Waals surface area contributed by atoms with Crippen molar-refractivity contribution in [3.63, 3.8) is 0 Å². The van der Waals surface area contributed by atoms with Gasteiger partial charge in [0.05, 0.1) is 6.26 Å². The first-order chi connectivity index (χ1) is 8.50. The van der Waals surface area contributed by atoms with Crippen LogP contribution in [-0.2, 0) is 6.54 Å². The van der Waals surface area contributed by atoms with E-state index in [1.807, 2.05) is 38.8 Å². The van der Waals surface area contributed by atoms with Crippen LogP contribution in [0, 0.1) is 20.8 Å². The predicted octanol–water partition coefficient (Wildman–Crippen LogP) is 3.28. The Hall–Kier alpha value is -1.55. The number of aryl methyl sites for hydroxylation is 1.